The minimum Gasteiger partial charge on any atom is -0.496 e. The monoisotopic (exact) mass is 394 g/mol. The molecule has 0 unspecified atom stereocenters. The molecule has 0 radical (unpaired) electrons. The van der Waals surface area contributed by atoms with Crippen molar-refractivity contribution < 1.29 is 33.1 Å². The summed E-state index contributed by atoms with van der Waals surface area (Å²) < 4.78 is 31.7. The normalized spacial score (nSPS) is 11.5. The molecule has 0 saturated heterocycles. The summed E-state index contributed by atoms with van der Waals surface area (Å²) in [5.74, 6) is -3.70. The van der Waals surface area contributed by atoms with Crippen molar-refractivity contribution in [2.24, 2.45) is 0 Å². The third-order valence-corrected chi connectivity index (χ3v) is 3.90. The smallest absolute Gasteiger partial charge is 0.326 e. The molecule has 0 saturated carbocycles. The number of nitro groups is 1. The summed E-state index contributed by atoms with van der Waals surface area (Å²) in [6, 6.07) is 4.92. The number of halogens is 2. The van der Waals surface area contributed by atoms with Gasteiger partial charge in [0.25, 0.3) is 5.69 Å². The van der Waals surface area contributed by atoms with Crippen LogP contribution in [0.15, 0.2) is 36.4 Å². The van der Waals surface area contributed by atoms with Crippen LogP contribution in [0.1, 0.15) is 11.1 Å². The second-order valence-electron chi connectivity index (χ2n) is 5.83. The Kier molecular flexibility index (Phi) is 6.59. The maximum absolute atomic E-state index is 13.7. The van der Waals surface area contributed by atoms with Crippen molar-refractivity contribution in [2.45, 2.75) is 18.9 Å². The van der Waals surface area contributed by atoms with Crippen molar-refractivity contribution in [1.29, 1.82) is 0 Å². The number of non-ortho nitro benzene ring substituents is 1. The number of nitrogens with one attached hydrogen (secondary N) is 1. The summed E-state index contributed by atoms with van der Waals surface area (Å²) in [7, 11) is 1.32. The van der Waals surface area contributed by atoms with Crippen LogP contribution < -0.4 is 10.1 Å². The highest BCUT2D eigenvalue weighted by Crippen LogP contribution is 2.25. The van der Waals surface area contributed by atoms with Crippen LogP contribution in [0.3, 0.4) is 0 Å². The Labute approximate surface area is 157 Å². The third kappa shape index (κ3) is 5.22. The van der Waals surface area contributed by atoms with Gasteiger partial charge in [0.15, 0.2) is 0 Å². The zero-order chi connectivity index (χ0) is 20.8. The van der Waals surface area contributed by atoms with Crippen molar-refractivity contribution in [3.63, 3.8) is 0 Å². The topological polar surface area (TPSA) is 119 Å². The molecule has 0 aliphatic carbocycles. The number of amides is 1. The van der Waals surface area contributed by atoms with Gasteiger partial charge in [0.2, 0.25) is 5.91 Å². The summed E-state index contributed by atoms with van der Waals surface area (Å²) in [5, 5.41) is 22.5. The standard InChI is InChI=1S/C18H16F2N2O6/c1-28-16-5-4-13(22(26)27)6-11(16)7-15(18(24)25)21-17(23)8-10-2-3-12(19)9-14(10)20/h2-6,9,15H,7-8H2,1H3,(H,21,23)(H,24,25)/t15-/m0/s1. The predicted octanol–water partition coefficient (Wildman–Crippen LogP) is 2.24. The van der Waals surface area contributed by atoms with Crippen molar-refractivity contribution in [3.05, 3.63) is 69.3 Å². The molecule has 2 N–H and O–H groups in total. The Morgan fingerprint density at radius 3 is 2.50 bits per heavy atom. The van der Waals surface area contributed by atoms with Gasteiger partial charge >= 0.3 is 5.97 Å². The number of carboxylic acids is 1. The van der Waals surface area contributed by atoms with Gasteiger partial charge < -0.3 is 15.2 Å². The predicted molar refractivity (Wildman–Crippen MR) is 93.0 cm³/mol. The maximum Gasteiger partial charge on any atom is 0.326 e. The molecule has 0 spiro atoms. The summed E-state index contributed by atoms with van der Waals surface area (Å²) in [6.07, 6.45) is -0.792. The van der Waals surface area contributed by atoms with E-state index in [1.165, 1.54) is 19.2 Å². The van der Waals surface area contributed by atoms with Gasteiger partial charge in [-0.1, -0.05) is 6.07 Å². The fourth-order valence-electron chi connectivity index (χ4n) is 2.54. The van der Waals surface area contributed by atoms with Gasteiger partial charge in [-0.05, 0) is 17.7 Å². The van der Waals surface area contributed by atoms with E-state index < -0.39 is 40.9 Å². The molecule has 0 heterocycles. The average Bonchev–Trinajstić information content (AvgIpc) is 2.63. The summed E-state index contributed by atoms with van der Waals surface area (Å²) in [5.41, 5.74) is -0.159. The molecule has 10 heteroatoms. The Morgan fingerprint density at radius 1 is 1.21 bits per heavy atom. The van der Waals surface area contributed by atoms with Gasteiger partial charge in [-0.3, -0.25) is 14.9 Å². The van der Waals surface area contributed by atoms with Crippen molar-refractivity contribution in [1.82, 2.24) is 5.32 Å². The van der Waals surface area contributed by atoms with Crippen molar-refractivity contribution in [3.8, 4) is 5.75 Å². The molecule has 2 aromatic carbocycles. The largest absolute Gasteiger partial charge is 0.496 e. The van der Waals surface area contributed by atoms with E-state index >= 15 is 0 Å². The lowest BCUT2D eigenvalue weighted by atomic mass is 10.0. The molecule has 148 valence electrons. The molecule has 2 aromatic rings. The molecule has 0 aliphatic rings. The first-order valence-electron chi connectivity index (χ1n) is 7.98. The van der Waals surface area contributed by atoms with Crippen LogP contribution >= 0.6 is 0 Å². The van der Waals surface area contributed by atoms with E-state index in [0.717, 1.165) is 18.2 Å². The van der Waals surface area contributed by atoms with E-state index in [9.17, 15) is 33.6 Å². The van der Waals surface area contributed by atoms with Crippen LogP contribution in [0.25, 0.3) is 0 Å². The van der Waals surface area contributed by atoms with E-state index in [-0.39, 0.29) is 29.0 Å². The van der Waals surface area contributed by atoms with Crippen molar-refractivity contribution >= 4 is 17.6 Å². The van der Waals surface area contributed by atoms with Gasteiger partial charge in [0.1, 0.15) is 23.4 Å². The molecule has 0 aromatic heterocycles. The van der Waals surface area contributed by atoms with E-state index in [1.54, 1.807) is 0 Å². The number of nitrogens with zero attached hydrogens (tertiary/aromatic N) is 1. The fourth-order valence-corrected chi connectivity index (χ4v) is 2.54. The van der Waals surface area contributed by atoms with Gasteiger partial charge in [-0.2, -0.15) is 0 Å². The Bertz CT molecular complexity index is 919. The first-order valence-corrected chi connectivity index (χ1v) is 7.98. The van der Waals surface area contributed by atoms with Crippen LogP contribution in [0, 0.1) is 21.7 Å². The number of hydrogen-bond donors (Lipinski definition) is 2. The molecule has 1 atom stereocenters. The Hall–Kier alpha value is -3.56. The SMILES string of the molecule is COc1ccc([N+](=O)[O-])cc1C[C@H](NC(=O)Cc1ccc(F)cc1F)C(=O)O. The highest BCUT2D eigenvalue weighted by molar-refractivity contribution is 5.85. The van der Waals surface area contributed by atoms with Crippen LogP contribution in [-0.4, -0.2) is 35.1 Å². The van der Waals surface area contributed by atoms with Crippen LogP contribution in [-0.2, 0) is 22.4 Å². The second kappa shape index (κ2) is 8.89. The van der Waals surface area contributed by atoms with Gasteiger partial charge in [0, 0.05) is 30.2 Å². The minimum absolute atomic E-state index is 0.101. The van der Waals surface area contributed by atoms with Crippen LogP contribution in [0.5, 0.6) is 5.75 Å². The maximum atomic E-state index is 13.7. The summed E-state index contributed by atoms with van der Waals surface area (Å²) >= 11 is 0. The number of ether oxygens (including phenoxy) is 1. The quantitative estimate of drug-likeness (QED) is 0.524. The summed E-state index contributed by atoms with van der Waals surface area (Å²) in [4.78, 5) is 33.9. The Morgan fingerprint density at radius 2 is 1.93 bits per heavy atom. The zero-order valence-corrected chi connectivity index (χ0v) is 14.6. The highest BCUT2D eigenvalue weighted by atomic mass is 19.1. The van der Waals surface area contributed by atoms with Gasteiger partial charge in [-0.15, -0.1) is 0 Å². The van der Waals surface area contributed by atoms with E-state index in [2.05, 4.69) is 5.32 Å². The number of carboxylic acid groups (broad SMARTS) is 1. The number of methoxy groups -OCH3 is 1. The number of carbonyl (C=O) groups excluding carboxylic acids is 1. The lowest BCUT2D eigenvalue weighted by Gasteiger charge is -2.16. The number of carbonyl (C=O) groups is 2. The van der Waals surface area contributed by atoms with E-state index in [1.807, 2.05) is 0 Å². The number of benzene rings is 2. The molecule has 28 heavy (non-hydrogen) atoms. The third-order valence-electron chi connectivity index (χ3n) is 3.90. The first-order chi connectivity index (χ1) is 13.2. The van der Waals surface area contributed by atoms with Crippen LogP contribution in [0.4, 0.5) is 14.5 Å². The van der Waals surface area contributed by atoms with Crippen LogP contribution in [0.2, 0.25) is 0 Å². The van der Waals surface area contributed by atoms with Gasteiger partial charge in [0.05, 0.1) is 18.5 Å². The molecular formula is C18H16F2N2O6. The number of rotatable bonds is 8. The molecule has 0 bridgehead atoms. The number of aliphatic carboxylic acids is 1. The lowest BCUT2D eigenvalue weighted by molar-refractivity contribution is -0.384. The van der Waals surface area contributed by atoms with E-state index in [4.69, 9.17) is 4.74 Å². The molecule has 2 rings (SSSR count). The second-order valence-corrected chi connectivity index (χ2v) is 5.83. The van der Waals surface area contributed by atoms with Gasteiger partial charge in [-0.25, -0.2) is 13.6 Å². The molecule has 0 fully saturated rings. The highest BCUT2D eigenvalue weighted by Gasteiger charge is 2.24. The number of hydrogen-bond acceptors (Lipinski definition) is 5. The lowest BCUT2D eigenvalue weighted by Crippen LogP contribution is -2.43. The average molecular weight is 394 g/mol. The Balaban J connectivity index is 2.17. The number of nitro benzene ring substituents is 1. The first kappa shape index (κ1) is 20.7. The molecular weight excluding hydrogens is 378 g/mol. The molecule has 0 aliphatic heterocycles. The zero-order valence-electron chi connectivity index (χ0n) is 14.6. The molecule has 1 amide bonds. The summed E-state index contributed by atoms with van der Waals surface area (Å²) in [6.45, 7) is 0. The minimum atomic E-state index is -1.44. The molecule has 8 nitrogen and oxygen atoms in total. The fraction of sp³-hybridized carbons (Fsp3) is 0.222. The van der Waals surface area contributed by atoms with Crippen molar-refractivity contribution in [2.75, 3.05) is 7.11 Å². The van der Waals surface area contributed by atoms with E-state index in [0.29, 0.717) is 6.07 Å².